The van der Waals surface area contributed by atoms with Gasteiger partial charge in [-0.3, -0.25) is 4.52 Å². The summed E-state index contributed by atoms with van der Waals surface area (Å²) in [5.74, 6) is -1.24. The minimum atomic E-state index is -4.80. The summed E-state index contributed by atoms with van der Waals surface area (Å²) in [6.45, 7) is 3.76. The van der Waals surface area contributed by atoms with Gasteiger partial charge in [-0.2, -0.15) is 0 Å². The van der Waals surface area contributed by atoms with E-state index in [1.54, 1.807) is 19.1 Å². The first-order valence-electron chi connectivity index (χ1n) is 10.8. The Kier molecular flexibility index (Phi) is 13.3. The molecule has 0 aromatic carbocycles. The molecule has 0 saturated heterocycles. The number of carbonyl (C=O) groups is 1. The molecule has 0 amide bonds. The molecular formula is C23H35O8P. The zero-order valence-corrected chi connectivity index (χ0v) is 19.5. The monoisotopic (exact) mass is 470 g/mol. The number of unbranched alkanes of at least 4 members (excludes halogenated alkanes) is 3. The lowest BCUT2D eigenvalue weighted by Gasteiger charge is -2.26. The first kappa shape index (κ1) is 28.2. The molecule has 1 aliphatic heterocycles. The molecule has 0 aromatic heterocycles. The Labute approximate surface area is 189 Å². The van der Waals surface area contributed by atoms with Crippen molar-refractivity contribution in [2.75, 3.05) is 0 Å². The third kappa shape index (κ3) is 12.3. The Morgan fingerprint density at radius 2 is 1.91 bits per heavy atom. The molecule has 0 radical (unpaired) electrons. The second kappa shape index (κ2) is 15.1. The Morgan fingerprint density at radius 3 is 2.59 bits per heavy atom. The predicted octanol–water partition coefficient (Wildman–Crippen LogP) is 3.50. The molecule has 0 unspecified atom stereocenters. The van der Waals surface area contributed by atoms with E-state index in [0.29, 0.717) is 0 Å². The topological polar surface area (TPSA) is 134 Å². The third-order valence-electron chi connectivity index (χ3n) is 4.86. The van der Waals surface area contributed by atoms with Crippen LogP contribution in [0.25, 0.3) is 0 Å². The highest BCUT2D eigenvalue weighted by Crippen LogP contribution is 2.40. The van der Waals surface area contributed by atoms with Crippen molar-refractivity contribution < 1.29 is 38.6 Å². The van der Waals surface area contributed by atoms with Crippen LogP contribution in [0.5, 0.6) is 0 Å². The Balaban J connectivity index is 2.66. The minimum absolute atomic E-state index is 0.0258. The zero-order valence-electron chi connectivity index (χ0n) is 18.6. The lowest BCUT2D eigenvalue weighted by atomic mass is 9.95. The SMILES string of the molecule is CCCCC/C=C/C=CC=C[C@H](O)[C@H](C)[C@H](C/C=C/[C@@H]1OC(=O)C=C[C@@H]1O)OP(=O)(O)O. The molecule has 8 nitrogen and oxygen atoms in total. The van der Waals surface area contributed by atoms with E-state index >= 15 is 0 Å². The van der Waals surface area contributed by atoms with E-state index in [9.17, 15) is 29.4 Å². The molecular weight excluding hydrogens is 435 g/mol. The largest absolute Gasteiger partial charge is 0.469 e. The van der Waals surface area contributed by atoms with Crippen molar-refractivity contribution >= 4 is 13.8 Å². The summed E-state index contributed by atoms with van der Waals surface area (Å²) in [4.78, 5) is 29.7. The molecule has 1 heterocycles. The first-order chi connectivity index (χ1) is 15.1. The van der Waals surface area contributed by atoms with Crippen molar-refractivity contribution in [3.8, 4) is 0 Å². The summed E-state index contributed by atoms with van der Waals surface area (Å²) in [7, 11) is -4.80. The average Bonchev–Trinajstić information content (AvgIpc) is 2.72. The van der Waals surface area contributed by atoms with E-state index < -0.39 is 44.1 Å². The molecule has 4 N–H and O–H groups in total. The summed E-state index contributed by atoms with van der Waals surface area (Å²) in [5.41, 5.74) is 0. The van der Waals surface area contributed by atoms with Crippen LogP contribution in [0.1, 0.15) is 46.0 Å². The summed E-state index contributed by atoms with van der Waals surface area (Å²) in [6.07, 6.45) is 16.8. The normalized spacial score (nSPS) is 22.9. The predicted molar refractivity (Wildman–Crippen MR) is 122 cm³/mol. The molecule has 0 saturated carbocycles. The number of carbonyl (C=O) groups excluding carboxylic acids is 1. The second-order valence-corrected chi connectivity index (χ2v) is 8.78. The van der Waals surface area contributed by atoms with Crippen molar-refractivity contribution in [1.29, 1.82) is 0 Å². The van der Waals surface area contributed by atoms with Gasteiger partial charge in [0.25, 0.3) is 0 Å². The highest BCUT2D eigenvalue weighted by Gasteiger charge is 2.30. The van der Waals surface area contributed by atoms with Crippen LogP contribution in [0, 0.1) is 5.92 Å². The molecule has 5 atom stereocenters. The van der Waals surface area contributed by atoms with Gasteiger partial charge >= 0.3 is 13.8 Å². The van der Waals surface area contributed by atoms with E-state index in [1.807, 2.05) is 12.2 Å². The molecule has 0 bridgehead atoms. The van der Waals surface area contributed by atoms with Crippen LogP contribution >= 0.6 is 7.82 Å². The number of esters is 1. The van der Waals surface area contributed by atoms with Crippen molar-refractivity contribution in [2.45, 2.75) is 70.4 Å². The van der Waals surface area contributed by atoms with Gasteiger partial charge in [0.1, 0.15) is 12.2 Å². The lowest BCUT2D eigenvalue weighted by molar-refractivity contribution is -0.146. The van der Waals surface area contributed by atoms with Crippen LogP contribution in [0.4, 0.5) is 0 Å². The van der Waals surface area contributed by atoms with E-state index in [2.05, 4.69) is 13.0 Å². The number of hydrogen-bond donors (Lipinski definition) is 4. The molecule has 0 spiro atoms. The molecule has 0 aliphatic carbocycles. The van der Waals surface area contributed by atoms with Gasteiger partial charge < -0.3 is 24.7 Å². The molecule has 0 aromatic rings. The highest BCUT2D eigenvalue weighted by molar-refractivity contribution is 7.46. The maximum atomic E-state index is 11.4. The smallest absolute Gasteiger partial charge is 0.452 e. The van der Waals surface area contributed by atoms with Crippen LogP contribution in [0.15, 0.2) is 60.8 Å². The standard InChI is InChI=1S/C23H35O8P/c1-3-4-5-6-7-8-9-10-11-13-19(24)18(2)21(31-32(27,28)29)14-12-15-22-20(25)16-17-23(26)30-22/h7-13,15-22,24-25H,3-6,14H2,1-2H3,(H2,27,28,29)/b8-7+,10-9?,13-11?,15-12+/t18-,19-,20-,21-,22-/m0/s1. The number of aliphatic hydroxyl groups excluding tert-OH is 2. The number of aliphatic hydroxyl groups is 2. The van der Waals surface area contributed by atoms with Gasteiger partial charge in [0.15, 0.2) is 0 Å². The Bertz CT molecular complexity index is 749. The van der Waals surface area contributed by atoms with E-state index in [-0.39, 0.29) is 6.42 Å². The number of ether oxygens (including phenoxy) is 1. The molecule has 1 rings (SSSR count). The van der Waals surface area contributed by atoms with Gasteiger partial charge in [-0.05, 0) is 31.4 Å². The van der Waals surface area contributed by atoms with Gasteiger partial charge in [-0.25, -0.2) is 9.36 Å². The average molecular weight is 470 g/mol. The Morgan fingerprint density at radius 1 is 1.19 bits per heavy atom. The summed E-state index contributed by atoms with van der Waals surface area (Å²) in [6, 6.07) is 0. The van der Waals surface area contributed by atoms with Crippen LogP contribution in [0.2, 0.25) is 0 Å². The van der Waals surface area contributed by atoms with Crippen molar-refractivity contribution in [2.24, 2.45) is 5.92 Å². The maximum absolute atomic E-state index is 11.4. The third-order valence-corrected chi connectivity index (χ3v) is 5.41. The number of hydrogen-bond acceptors (Lipinski definition) is 6. The van der Waals surface area contributed by atoms with Crippen molar-refractivity contribution in [1.82, 2.24) is 0 Å². The fourth-order valence-electron chi connectivity index (χ4n) is 2.95. The number of cyclic esters (lactones) is 1. The minimum Gasteiger partial charge on any atom is -0.452 e. The molecule has 32 heavy (non-hydrogen) atoms. The van der Waals surface area contributed by atoms with Gasteiger partial charge in [-0.1, -0.05) is 69.2 Å². The Hall–Kier alpha value is -1.80. The summed E-state index contributed by atoms with van der Waals surface area (Å²) in [5, 5.41) is 20.2. The number of phosphoric acid groups is 1. The van der Waals surface area contributed by atoms with Gasteiger partial charge in [0.05, 0.1) is 12.2 Å². The summed E-state index contributed by atoms with van der Waals surface area (Å²) >= 11 is 0. The quantitative estimate of drug-likeness (QED) is 0.0997. The number of allylic oxidation sites excluding steroid dienone is 5. The molecule has 9 heteroatoms. The van der Waals surface area contributed by atoms with E-state index in [1.165, 1.54) is 37.1 Å². The van der Waals surface area contributed by atoms with Crippen LogP contribution in [-0.2, 0) is 18.6 Å². The van der Waals surface area contributed by atoms with Crippen molar-refractivity contribution in [3.05, 3.63) is 60.8 Å². The lowest BCUT2D eigenvalue weighted by Crippen LogP contribution is -2.32. The van der Waals surface area contributed by atoms with E-state index in [0.717, 1.165) is 18.9 Å². The highest BCUT2D eigenvalue weighted by atomic mass is 31.2. The maximum Gasteiger partial charge on any atom is 0.469 e. The van der Waals surface area contributed by atoms with Gasteiger partial charge in [-0.15, -0.1) is 0 Å². The zero-order chi connectivity index (χ0) is 24.0. The van der Waals surface area contributed by atoms with Crippen molar-refractivity contribution in [3.63, 3.8) is 0 Å². The molecule has 1 aliphatic rings. The molecule has 180 valence electrons. The second-order valence-electron chi connectivity index (χ2n) is 7.59. The van der Waals surface area contributed by atoms with Gasteiger partial charge in [0.2, 0.25) is 0 Å². The van der Waals surface area contributed by atoms with E-state index in [4.69, 9.17) is 9.26 Å². The number of phosphoric ester groups is 1. The first-order valence-corrected chi connectivity index (χ1v) is 12.3. The molecule has 0 fully saturated rings. The van der Waals surface area contributed by atoms with Gasteiger partial charge in [0, 0.05) is 12.0 Å². The van der Waals surface area contributed by atoms with Crippen LogP contribution in [0.3, 0.4) is 0 Å². The van der Waals surface area contributed by atoms with Crippen LogP contribution < -0.4 is 0 Å². The fourth-order valence-corrected chi connectivity index (χ4v) is 3.58. The summed E-state index contributed by atoms with van der Waals surface area (Å²) < 4.78 is 21.2. The van der Waals surface area contributed by atoms with Crippen LogP contribution in [-0.4, -0.2) is 50.4 Å². The number of rotatable bonds is 14. The fraction of sp³-hybridized carbons (Fsp3) is 0.522.